The summed E-state index contributed by atoms with van der Waals surface area (Å²) in [6.07, 6.45) is 5.17. The molecule has 0 saturated carbocycles. The topological polar surface area (TPSA) is 64.2 Å². The van der Waals surface area contributed by atoms with Crippen molar-refractivity contribution in [3.63, 3.8) is 0 Å². The van der Waals surface area contributed by atoms with E-state index in [4.69, 9.17) is 0 Å². The van der Waals surface area contributed by atoms with E-state index >= 15 is 0 Å². The average Bonchev–Trinajstić information content (AvgIpc) is 2.82. The van der Waals surface area contributed by atoms with Gasteiger partial charge in [-0.3, -0.25) is 0 Å². The molecule has 0 bridgehead atoms. The summed E-state index contributed by atoms with van der Waals surface area (Å²) < 4.78 is 0. The van der Waals surface area contributed by atoms with E-state index in [2.05, 4.69) is 10.00 Å². The second-order valence-electron chi connectivity index (χ2n) is 4.56. The third-order valence-corrected chi connectivity index (χ3v) is 3.41. The van der Waals surface area contributed by atoms with Crippen LogP contribution in [0.5, 0.6) is 0 Å². The van der Waals surface area contributed by atoms with Crippen LogP contribution < -0.4 is 4.90 Å². The van der Waals surface area contributed by atoms with Crippen LogP contribution in [0.1, 0.15) is 19.3 Å². The third kappa shape index (κ3) is 1.79. The predicted molar refractivity (Wildman–Crippen MR) is 68.2 cm³/mol. The SMILES string of the molecule is O=[N+]([O-])n1ncc2ccc(N3CCCCC3)cc21. The first-order valence-corrected chi connectivity index (χ1v) is 6.13. The molecular weight excluding hydrogens is 232 g/mol. The monoisotopic (exact) mass is 246 g/mol. The van der Waals surface area contributed by atoms with Crippen LogP contribution in [0.15, 0.2) is 24.4 Å². The molecule has 1 aromatic carbocycles. The number of nitrogens with zero attached hydrogens (tertiary/aromatic N) is 4. The third-order valence-electron chi connectivity index (χ3n) is 3.41. The van der Waals surface area contributed by atoms with Crippen LogP contribution in [0, 0.1) is 10.1 Å². The van der Waals surface area contributed by atoms with Crippen LogP contribution in [-0.2, 0) is 0 Å². The van der Waals surface area contributed by atoms with Crippen molar-refractivity contribution < 1.29 is 5.03 Å². The van der Waals surface area contributed by atoms with E-state index in [0.29, 0.717) is 5.52 Å². The van der Waals surface area contributed by atoms with Gasteiger partial charge in [0.1, 0.15) is 5.52 Å². The van der Waals surface area contributed by atoms with Gasteiger partial charge in [-0.25, -0.2) is 0 Å². The zero-order valence-corrected chi connectivity index (χ0v) is 9.95. The summed E-state index contributed by atoms with van der Waals surface area (Å²) in [7, 11) is 0. The lowest BCUT2D eigenvalue weighted by atomic mass is 10.1. The molecule has 3 rings (SSSR count). The van der Waals surface area contributed by atoms with Crippen molar-refractivity contribution in [1.82, 2.24) is 9.89 Å². The van der Waals surface area contributed by atoms with Crippen LogP contribution in [0.25, 0.3) is 10.9 Å². The number of nitro groups is 1. The molecule has 1 saturated heterocycles. The molecule has 1 aromatic heterocycles. The predicted octanol–water partition coefficient (Wildman–Crippen LogP) is 2.07. The average molecular weight is 246 g/mol. The smallest absolute Gasteiger partial charge is 0.175 e. The van der Waals surface area contributed by atoms with Gasteiger partial charge in [-0.15, -0.1) is 0 Å². The first kappa shape index (κ1) is 11.0. The molecule has 1 aliphatic rings. The summed E-state index contributed by atoms with van der Waals surface area (Å²) in [6.45, 7) is 2.05. The van der Waals surface area contributed by atoms with E-state index in [1.54, 1.807) is 0 Å². The molecule has 0 spiro atoms. The molecule has 0 amide bonds. The van der Waals surface area contributed by atoms with Gasteiger partial charge in [0.15, 0.2) is 6.20 Å². The second-order valence-corrected chi connectivity index (χ2v) is 4.56. The number of hydrogen-bond donors (Lipinski definition) is 0. The van der Waals surface area contributed by atoms with E-state index in [-0.39, 0.29) is 0 Å². The molecule has 2 aromatic rings. The Morgan fingerprint density at radius 2 is 2.00 bits per heavy atom. The normalized spacial score (nSPS) is 16.1. The fraction of sp³-hybridized carbons (Fsp3) is 0.417. The van der Waals surface area contributed by atoms with Crippen LogP contribution in [0.2, 0.25) is 0 Å². The van der Waals surface area contributed by atoms with E-state index < -0.39 is 5.03 Å². The lowest BCUT2D eigenvalue weighted by Crippen LogP contribution is -2.29. The number of aromatic nitrogens is 2. The van der Waals surface area contributed by atoms with Crippen molar-refractivity contribution in [2.45, 2.75) is 19.3 Å². The number of rotatable bonds is 2. The van der Waals surface area contributed by atoms with Crippen molar-refractivity contribution in [3.8, 4) is 0 Å². The highest BCUT2D eigenvalue weighted by Crippen LogP contribution is 2.24. The van der Waals surface area contributed by atoms with Crippen LogP contribution >= 0.6 is 0 Å². The minimum absolute atomic E-state index is 0.498. The van der Waals surface area contributed by atoms with Crippen molar-refractivity contribution >= 4 is 16.6 Å². The lowest BCUT2D eigenvalue weighted by Gasteiger charge is -2.28. The molecule has 0 unspecified atom stereocenters. The molecule has 18 heavy (non-hydrogen) atoms. The van der Waals surface area contributed by atoms with Gasteiger partial charge in [0.2, 0.25) is 0 Å². The number of hydrogen-bond acceptors (Lipinski definition) is 4. The van der Waals surface area contributed by atoms with Gasteiger partial charge in [-0.2, -0.15) is 0 Å². The molecule has 6 nitrogen and oxygen atoms in total. The Morgan fingerprint density at radius 1 is 1.22 bits per heavy atom. The highest BCUT2D eigenvalue weighted by atomic mass is 16.7. The number of fused-ring (bicyclic) bond motifs is 1. The molecule has 0 N–H and O–H groups in total. The van der Waals surface area contributed by atoms with E-state index in [1.165, 1.54) is 25.5 Å². The first-order chi connectivity index (χ1) is 8.75. The van der Waals surface area contributed by atoms with Gasteiger partial charge in [0.05, 0.1) is 10.4 Å². The zero-order chi connectivity index (χ0) is 12.5. The van der Waals surface area contributed by atoms with Gasteiger partial charge in [-0.05, 0) is 37.5 Å². The molecular formula is C12H14N4O2. The quantitative estimate of drug-likeness (QED) is 0.601. The Bertz CT molecular complexity index is 587. The minimum atomic E-state index is -0.498. The maximum atomic E-state index is 10.9. The van der Waals surface area contributed by atoms with Crippen LogP contribution in [-0.4, -0.2) is 28.0 Å². The fourth-order valence-electron chi connectivity index (χ4n) is 2.47. The molecule has 1 aliphatic heterocycles. The number of piperidine rings is 1. The van der Waals surface area contributed by atoms with E-state index in [1.807, 2.05) is 18.2 Å². The van der Waals surface area contributed by atoms with Crippen LogP contribution in [0.3, 0.4) is 0 Å². The highest BCUT2D eigenvalue weighted by molar-refractivity contribution is 5.82. The molecule has 0 atom stereocenters. The van der Waals surface area contributed by atoms with E-state index in [0.717, 1.165) is 29.0 Å². The Kier molecular flexibility index (Phi) is 2.62. The molecule has 0 aliphatic carbocycles. The summed E-state index contributed by atoms with van der Waals surface area (Å²) in [5.74, 6) is 0. The maximum absolute atomic E-state index is 10.9. The standard InChI is InChI=1S/C12H14N4O2/c17-16(18)15-12-8-11(5-4-10(12)9-13-15)14-6-2-1-3-7-14/h4-5,8-9H,1-3,6-7H2. The second kappa shape index (κ2) is 4.29. The molecule has 94 valence electrons. The first-order valence-electron chi connectivity index (χ1n) is 6.13. The molecule has 2 heterocycles. The van der Waals surface area contributed by atoms with Crippen molar-refractivity contribution in [2.24, 2.45) is 0 Å². The highest BCUT2D eigenvalue weighted by Gasteiger charge is 2.15. The van der Waals surface area contributed by atoms with Gasteiger partial charge in [0, 0.05) is 28.7 Å². The van der Waals surface area contributed by atoms with Crippen LogP contribution in [0.4, 0.5) is 5.69 Å². The molecule has 1 fully saturated rings. The summed E-state index contributed by atoms with van der Waals surface area (Å²) in [6, 6.07) is 5.77. The summed E-state index contributed by atoms with van der Waals surface area (Å²) >= 11 is 0. The van der Waals surface area contributed by atoms with Gasteiger partial charge in [-0.1, -0.05) is 0 Å². The lowest BCUT2D eigenvalue weighted by molar-refractivity contribution is -0.548. The Labute approximate surface area is 104 Å². The Balaban J connectivity index is 2.03. The zero-order valence-electron chi connectivity index (χ0n) is 9.95. The summed E-state index contributed by atoms with van der Waals surface area (Å²) in [5.41, 5.74) is 1.61. The molecule has 6 heteroatoms. The molecule has 0 radical (unpaired) electrons. The number of benzene rings is 1. The Morgan fingerprint density at radius 3 is 2.72 bits per heavy atom. The van der Waals surface area contributed by atoms with Crippen molar-refractivity contribution in [2.75, 3.05) is 18.0 Å². The summed E-state index contributed by atoms with van der Waals surface area (Å²) in [4.78, 5) is 14.0. The van der Waals surface area contributed by atoms with Gasteiger partial charge in [0.25, 0.3) is 0 Å². The van der Waals surface area contributed by atoms with E-state index in [9.17, 15) is 10.1 Å². The summed E-state index contributed by atoms with van der Waals surface area (Å²) in [5, 5.41) is 14.9. The van der Waals surface area contributed by atoms with Crippen molar-refractivity contribution in [1.29, 1.82) is 0 Å². The van der Waals surface area contributed by atoms with Gasteiger partial charge < -0.3 is 15.0 Å². The fourth-order valence-corrected chi connectivity index (χ4v) is 2.47. The maximum Gasteiger partial charge on any atom is 0.175 e. The van der Waals surface area contributed by atoms with Crippen molar-refractivity contribution in [3.05, 3.63) is 34.5 Å². The van der Waals surface area contributed by atoms with Gasteiger partial charge >= 0.3 is 0 Å². The number of anilines is 1. The Hall–Kier alpha value is -2.11. The largest absolute Gasteiger partial charge is 0.371 e. The minimum Gasteiger partial charge on any atom is -0.371 e.